The fourth-order valence-electron chi connectivity index (χ4n) is 5.49. The molecule has 0 bridgehead atoms. The number of carbonyl (C=O) groups is 2. The number of H-pyrrole nitrogens is 1. The van der Waals surface area contributed by atoms with Crippen LogP contribution in [0.5, 0.6) is 0 Å². The van der Waals surface area contributed by atoms with Crippen LogP contribution in [0.1, 0.15) is 58.3 Å². The predicted molar refractivity (Wildman–Crippen MR) is 154 cm³/mol. The minimum Gasteiger partial charge on any atom is -0.381 e. The molecular weight excluding hydrogens is 492 g/mol. The number of hydrogen-bond donors (Lipinski definition) is 2. The molecule has 2 amide bonds. The van der Waals surface area contributed by atoms with Crippen molar-refractivity contribution in [3.63, 3.8) is 0 Å². The van der Waals surface area contributed by atoms with E-state index in [-0.39, 0.29) is 13.2 Å². The van der Waals surface area contributed by atoms with Gasteiger partial charge in [-0.05, 0) is 60.6 Å². The molecule has 1 fully saturated rings. The van der Waals surface area contributed by atoms with Crippen molar-refractivity contribution in [2.75, 3.05) is 36.5 Å². The Balaban J connectivity index is 0.000000405. The number of aromatic nitrogens is 3. The van der Waals surface area contributed by atoms with E-state index in [1.807, 2.05) is 17.0 Å². The van der Waals surface area contributed by atoms with E-state index in [4.69, 9.17) is 4.74 Å². The van der Waals surface area contributed by atoms with Crippen LogP contribution < -0.4 is 10.2 Å². The number of aromatic amines is 1. The molecule has 2 N–H and O–H groups in total. The Labute approximate surface area is 231 Å². The van der Waals surface area contributed by atoms with Crippen molar-refractivity contribution in [3.8, 4) is 11.1 Å². The molecule has 3 aromatic rings. The van der Waals surface area contributed by atoms with E-state index >= 15 is 0 Å². The first-order valence-corrected chi connectivity index (χ1v) is 14.0. The second-order valence-electron chi connectivity index (χ2n) is 10.5. The van der Waals surface area contributed by atoms with E-state index in [0.29, 0.717) is 12.4 Å². The fourth-order valence-corrected chi connectivity index (χ4v) is 5.49. The highest BCUT2D eigenvalue weighted by molar-refractivity contribution is 5.87. The van der Waals surface area contributed by atoms with Gasteiger partial charge in [0, 0.05) is 76.7 Å². The molecule has 0 aliphatic carbocycles. The lowest BCUT2D eigenvalue weighted by Gasteiger charge is -2.32. The normalized spacial score (nSPS) is 18.1. The summed E-state index contributed by atoms with van der Waals surface area (Å²) in [6.07, 6.45) is 7.21. The van der Waals surface area contributed by atoms with Crippen molar-refractivity contribution in [1.82, 2.24) is 20.1 Å². The van der Waals surface area contributed by atoms with Gasteiger partial charge in [0.2, 0.25) is 11.8 Å². The number of benzene rings is 1. The lowest BCUT2D eigenvalue weighted by molar-refractivity contribution is -0.129. The van der Waals surface area contributed by atoms with Gasteiger partial charge in [0.05, 0.1) is 6.54 Å². The van der Waals surface area contributed by atoms with Crippen molar-refractivity contribution < 1.29 is 15.8 Å². The first kappa shape index (κ1) is 26.9. The summed E-state index contributed by atoms with van der Waals surface area (Å²) in [7, 11) is 0. The monoisotopic (exact) mass is 532 g/mol. The van der Waals surface area contributed by atoms with Crippen molar-refractivity contribution in [2.24, 2.45) is 5.92 Å². The van der Waals surface area contributed by atoms with Gasteiger partial charge in [0.25, 0.3) is 0 Å². The molecule has 1 saturated heterocycles. The molecule has 5 heterocycles. The first-order chi connectivity index (χ1) is 18.9. The minimum absolute atomic E-state index is 0. The third kappa shape index (κ3) is 6.14. The van der Waals surface area contributed by atoms with Crippen LogP contribution in [0.4, 0.5) is 17.3 Å². The highest BCUT2D eigenvalue weighted by atomic mass is 16.5. The highest BCUT2D eigenvalue weighted by Gasteiger charge is 2.29. The third-order valence-corrected chi connectivity index (χ3v) is 7.81. The minimum atomic E-state index is -0.133. The number of anilines is 3. The zero-order valence-corrected chi connectivity index (χ0v) is 23.1. The molecule has 6 rings (SSSR count). The van der Waals surface area contributed by atoms with Crippen LogP contribution in [0.25, 0.3) is 11.1 Å². The second-order valence-corrected chi connectivity index (χ2v) is 10.5. The predicted octanol–water partition coefficient (Wildman–Crippen LogP) is 5.10. The molecular formula is C30H40N6O3. The molecule has 39 heavy (non-hydrogen) atoms. The van der Waals surface area contributed by atoms with Crippen molar-refractivity contribution in [1.29, 1.82) is 0 Å². The van der Waals surface area contributed by atoms with Crippen LogP contribution in [0, 0.1) is 5.92 Å². The van der Waals surface area contributed by atoms with Gasteiger partial charge in [-0.25, -0.2) is 4.98 Å². The van der Waals surface area contributed by atoms with Crippen molar-refractivity contribution >= 4 is 29.1 Å². The zero-order chi connectivity index (χ0) is 27.4. The van der Waals surface area contributed by atoms with Gasteiger partial charge >= 0.3 is 0 Å². The maximum atomic E-state index is 11.9. The first-order valence-electron chi connectivity index (χ1n) is 14.0. The second kappa shape index (κ2) is 12.0. The molecule has 9 nitrogen and oxygen atoms in total. The van der Waals surface area contributed by atoms with Crippen LogP contribution in [-0.4, -0.2) is 58.2 Å². The Morgan fingerprint density at radius 3 is 2.67 bits per heavy atom. The lowest BCUT2D eigenvalue weighted by atomic mass is 9.96. The molecule has 0 saturated carbocycles. The maximum absolute atomic E-state index is 11.9. The molecule has 0 radical (unpaired) electrons. The lowest BCUT2D eigenvalue weighted by Crippen LogP contribution is -2.35. The van der Waals surface area contributed by atoms with E-state index in [2.05, 4.69) is 50.5 Å². The summed E-state index contributed by atoms with van der Waals surface area (Å²) < 4.78 is 5.15. The number of pyridine rings is 1. The summed E-state index contributed by atoms with van der Waals surface area (Å²) in [5.74, 6) is 2.32. The summed E-state index contributed by atoms with van der Waals surface area (Å²) in [5.41, 5.74) is 6.80. The number of hydrogen-bond acceptors (Lipinski definition) is 6. The molecule has 3 aliphatic heterocycles. The molecule has 1 aromatic carbocycles. The van der Waals surface area contributed by atoms with Crippen LogP contribution in [0.15, 0.2) is 36.5 Å². The van der Waals surface area contributed by atoms with Gasteiger partial charge in [-0.15, -0.1) is 0 Å². The van der Waals surface area contributed by atoms with Gasteiger partial charge in [0.15, 0.2) is 5.82 Å². The Bertz CT molecular complexity index is 1320. The maximum Gasteiger partial charge on any atom is 0.222 e. The molecule has 3 aliphatic rings. The van der Waals surface area contributed by atoms with E-state index in [0.717, 1.165) is 85.4 Å². The Morgan fingerprint density at radius 1 is 1.15 bits per heavy atom. The van der Waals surface area contributed by atoms with E-state index < -0.39 is 0 Å². The number of rotatable bonds is 4. The molecule has 0 unspecified atom stereocenters. The molecule has 2 aromatic heterocycles. The number of aryl methyl sites for hydroxylation is 1. The number of ether oxygens (including phenoxy) is 1. The summed E-state index contributed by atoms with van der Waals surface area (Å²) in [6, 6.07) is 10.3. The summed E-state index contributed by atoms with van der Waals surface area (Å²) in [6.45, 7) is 9.56. The SMILES string of the molecule is CC(=O)Nc1ccc(-c2ccc3c(c2)CCCN3c2n[nH]c3c2CN(C(C)=O)CC3)cn1.CC[C@H]1CCOC1.[HH]. The summed E-state index contributed by atoms with van der Waals surface area (Å²) >= 11 is 0. The average Bonchev–Trinajstić information content (AvgIpc) is 3.63. The van der Waals surface area contributed by atoms with Gasteiger partial charge < -0.3 is 19.9 Å². The van der Waals surface area contributed by atoms with Crippen molar-refractivity contribution in [3.05, 3.63) is 53.3 Å². The highest BCUT2D eigenvalue weighted by Crippen LogP contribution is 2.38. The van der Waals surface area contributed by atoms with Gasteiger partial charge in [-0.3, -0.25) is 14.7 Å². The molecule has 0 spiro atoms. The Hall–Kier alpha value is -3.72. The number of nitrogens with one attached hydrogen (secondary N) is 2. The molecule has 9 heteroatoms. The Kier molecular flexibility index (Phi) is 8.26. The number of amides is 2. The quantitative estimate of drug-likeness (QED) is 0.485. The Morgan fingerprint density at radius 2 is 2.00 bits per heavy atom. The van der Waals surface area contributed by atoms with Gasteiger partial charge in [-0.1, -0.05) is 19.4 Å². The standard InChI is InChI=1S/C24H26N6O2.C6H12O.H2/c1-15(31)26-23-8-6-19(13-25-23)17-5-7-22-18(12-17)4-3-10-30(22)24-20-14-29(16(2)32)11-9-21(20)27-28-24;1-2-6-3-4-7-5-6;/h5-8,12-13H,3-4,9-11,14H2,1-2H3,(H,27,28)(H,25,26,31);6H,2-5H2,1H3;1H/t;6-;/m.0./s1. The van der Waals surface area contributed by atoms with Crippen LogP contribution in [-0.2, 0) is 33.7 Å². The van der Waals surface area contributed by atoms with Crippen LogP contribution in [0.3, 0.4) is 0 Å². The molecule has 208 valence electrons. The largest absolute Gasteiger partial charge is 0.381 e. The number of nitrogens with zero attached hydrogens (tertiary/aromatic N) is 4. The summed E-state index contributed by atoms with van der Waals surface area (Å²) in [5, 5.41) is 10.5. The number of fused-ring (bicyclic) bond motifs is 2. The van der Waals surface area contributed by atoms with Gasteiger partial charge in [0.1, 0.15) is 5.82 Å². The third-order valence-electron chi connectivity index (χ3n) is 7.81. The average molecular weight is 533 g/mol. The van der Waals surface area contributed by atoms with E-state index in [1.54, 1.807) is 13.1 Å². The zero-order valence-electron chi connectivity index (χ0n) is 23.1. The smallest absolute Gasteiger partial charge is 0.222 e. The van der Waals surface area contributed by atoms with E-state index in [1.165, 1.54) is 25.3 Å². The van der Waals surface area contributed by atoms with Crippen LogP contribution >= 0.6 is 0 Å². The van der Waals surface area contributed by atoms with Gasteiger partial charge in [-0.2, -0.15) is 5.10 Å². The van der Waals surface area contributed by atoms with E-state index in [9.17, 15) is 9.59 Å². The van der Waals surface area contributed by atoms with Crippen LogP contribution in [0.2, 0.25) is 0 Å². The topological polar surface area (TPSA) is 103 Å². The fraction of sp³-hybridized carbons (Fsp3) is 0.467. The van der Waals surface area contributed by atoms with Crippen molar-refractivity contribution in [2.45, 2.75) is 59.4 Å². The molecule has 1 atom stereocenters. The summed E-state index contributed by atoms with van der Waals surface area (Å²) in [4.78, 5) is 31.6. The number of carbonyl (C=O) groups excluding carboxylic acids is 2.